The molecule has 4 heteroatoms. The molecule has 0 aliphatic heterocycles. The molecule has 0 aliphatic rings. The number of benzene rings is 1. The molecule has 76 valence electrons. The number of pyridine rings is 1. The maximum Gasteiger partial charge on any atom is 0.137 e. The van der Waals surface area contributed by atoms with Crippen molar-refractivity contribution in [3.63, 3.8) is 0 Å². The molecule has 15 heavy (non-hydrogen) atoms. The molecule has 0 spiro atoms. The van der Waals surface area contributed by atoms with Crippen LogP contribution < -0.4 is 5.73 Å². The Hall–Kier alpha value is -1.55. The highest BCUT2D eigenvalue weighted by Gasteiger charge is 2.03. The maximum absolute atomic E-state index is 13.3. The molecule has 0 saturated carbocycles. The number of rotatable bonds is 2. The highest BCUT2D eigenvalue weighted by Crippen LogP contribution is 2.28. The molecular formula is C11H9FN2S. The van der Waals surface area contributed by atoms with Crippen LogP contribution in [-0.2, 0) is 0 Å². The topological polar surface area (TPSA) is 38.9 Å². The van der Waals surface area contributed by atoms with Gasteiger partial charge in [0.2, 0.25) is 0 Å². The largest absolute Gasteiger partial charge is 0.399 e. The van der Waals surface area contributed by atoms with Crippen molar-refractivity contribution in [1.29, 1.82) is 0 Å². The zero-order valence-electron chi connectivity index (χ0n) is 7.85. The Bertz CT molecular complexity index is 474. The second-order valence-corrected chi connectivity index (χ2v) is 4.02. The smallest absolute Gasteiger partial charge is 0.137 e. The van der Waals surface area contributed by atoms with E-state index in [2.05, 4.69) is 4.98 Å². The average molecular weight is 220 g/mol. The normalized spacial score (nSPS) is 10.2. The molecule has 0 radical (unpaired) electrons. The molecule has 2 nitrogen and oxygen atoms in total. The SMILES string of the molecule is Nc1ccnc(Sc2ccccc2F)c1. The lowest BCUT2D eigenvalue weighted by Crippen LogP contribution is -1.87. The van der Waals surface area contributed by atoms with E-state index in [0.717, 1.165) is 0 Å². The summed E-state index contributed by atoms with van der Waals surface area (Å²) in [5, 5.41) is 0.695. The molecule has 0 fully saturated rings. The average Bonchev–Trinajstić information content (AvgIpc) is 2.22. The minimum absolute atomic E-state index is 0.244. The molecule has 0 unspecified atom stereocenters. The van der Waals surface area contributed by atoms with Gasteiger partial charge in [-0.2, -0.15) is 0 Å². The van der Waals surface area contributed by atoms with Crippen molar-refractivity contribution in [2.24, 2.45) is 0 Å². The molecule has 0 aliphatic carbocycles. The van der Waals surface area contributed by atoms with E-state index < -0.39 is 0 Å². The van der Waals surface area contributed by atoms with Crippen LogP contribution in [-0.4, -0.2) is 4.98 Å². The predicted octanol–water partition coefficient (Wildman–Crippen LogP) is 2.95. The number of anilines is 1. The van der Waals surface area contributed by atoms with Gasteiger partial charge >= 0.3 is 0 Å². The van der Waals surface area contributed by atoms with Crippen molar-refractivity contribution < 1.29 is 4.39 Å². The second kappa shape index (κ2) is 4.31. The number of halogens is 1. The van der Waals surface area contributed by atoms with E-state index in [1.807, 2.05) is 0 Å². The third-order valence-electron chi connectivity index (χ3n) is 1.81. The van der Waals surface area contributed by atoms with Gasteiger partial charge in [0.15, 0.2) is 0 Å². The predicted molar refractivity (Wildman–Crippen MR) is 59.2 cm³/mol. The number of nitrogens with zero attached hydrogens (tertiary/aromatic N) is 1. The van der Waals surface area contributed by atoms with Crippen molar-refractivity contribution >= 4 is 17.4 Å². The number of aromatic nitrogens is 1. The molecular weight excluding hydrogens is 211 g/mol. The van der Waals surface area contributed by atoms with Gasteiger partial charge in [0.25, 0.3) is 0 Å². The molecule has 0 amide bonds. The van der Waals surface area contributed by atoms with E-state index in [1.54, 1.807) is 36.5 Å². The fourth-order valence-electron chi connectivity index (χ4n) is 1.12. The summed E-state index contributed by atoms with van der Waals surface area (Å²) >= 11 is 1.26. The van der Waals surface area contributed by atoms with Gasteiger partial charge in [-0.25, -0.2) is 9.37 Å². The summed E-state index contributed by atoms with van der Waals surface area (Å²) in [7, 11) is 0. The van der Waals surface area contributed by atoms with E-state index in [9.17, 15) is 4.39 Å². The molecule has 1 aromatic carbocycles. The molecule has 0 bridgehead atoms. The molecule has 0 saturated heterocycles. The van der Waals surface area contributed by atoms with Crippen LogP contribution >= 0.6 is 11.8 Å². The van der Waals surface area contributed by atoms with Gasteiger partial charge in [-0.15, -0.1) is 0 Å². The standard InChI is InChI=1S/C11H9FN2S/c12-9-3-1-2-4-10(9)15-11-7-8(13)5-6-14-11/h1-7H,(H2,13,14). The lowest BCUT2D eigenvalue weighted by atomic mass is 10.3. The maximum atomic E-state index is 13.3. The number of hydrogen-bond acceptors (Lipinski definition) is 3. The van der Waals surface area contributed by atoms with Gasteiger partial charge in [0.1, 0.15) is 10.8 Å². The van der Waals surface area contributed by atoms with Crippen molar-refractivity contribution in [2.45, 2.75) is 9.92 Å². The number of nitrogen functional groups attached to an aromatic ring is 1. The summed E-state index contributed by atoms with van der Waals surface area (Å²) in [6.45, 7) is 0. The van der Waals surface area contributed by atoms with Gasteiger partial charge in [-0.1, -0.05) is 23.9 Å². The number of hydrogen-bond donors (Lipinski definition) is 1. The highest BCUT2D eigenvalue weighted by atomic mass is 32.2. The first-order valence-corrected chi connectivity index (χ1v) is 5.21. The molecule has 0 atom stereocenters. The molecule has 2 aromatic rings. The van der Waals surface area contributed by atoms with Crippen LogP contribution in [0.5, 0.6) is 0 Å². The summed E-state index contributed by atoms with van der Waals surface area (Å²) in [6, 6.07) is 10.0. The summed E-state index contributed by atoms with van der Waals surface area (Å²) in [6.07, 6.45) is 1.61. The van der Waals surface area contributed by atoms with Crippen LogP contribution in [0.3, 0.4) is 0 Å². The van der Waals surface area contributed by atoms with Crippen molar-refractivity contribution in [3.05, 3.63) is 48.4 Å². The fourth-order valence-corrected chi connectivity index (χ4v) is 1.97. The van der Waals surface area contributed by atoms with Crippen molar-refractivity contribution in [3.8, 4) is 0 Å². The first kappa shape index (κ1) is 9.98. The van der Waals surface area contributed by atoms with E-state index >= 15 is 0 Å². The van der Waals surface area contributed by atoms with Gasteiger partial charge in [0.05, 0.1) is 0 Å². The summed E-state index contributed by atoms with van der Waals surface area (Å²) in [5.74, 6) is -0.244. The molecule has 2 rings (SSSR count). The van der Waals surface area contributed by atoms with Crippen LogP contribution in [0.25, 0.3) is 0 Å². The fraction of sp³-hybridized carbons (Fsp3) is 0. The van der Waals surface area contributed by atoms with Crippen LogP contribution in [0, 0.1) is 5.82 Å². The van der Waals surface area contributed by atoms with Crippen LogP contribution in [0.4, 0.5) is 10.1 Å². The molecule has 1 aromatic heterocycles. The van der Waals surface area contributed by atoms with E-state index in [-0.39, 0.29) is 5.82 Å². The van der Waals surface area contributed by atoms with E-state index in [4.69, 9.17) is 5.73 Å². The molecule has 2 N–H and O–H groups in total. The number of nitrogens with two attached hydrogens (primary N) is 1. The zero-order valence-corrected chi connectivity index (χ0v) is 8.67. The van der Waals surface area contributed by atoms with Crippen LogP contribution in [0.1, 0.15) is 0 Å². The minimum atomic E-state index is -0.244. The second-order valence-electron chi connectivity index (χ2n) is 2.96. The summed E-state index contributed by atoms with van der Waals surface area (Å²) in [4.78, 5) is 4.64. The van der Waals surface area contributed by atoms with Crippen molar-refractivity contribution in [1.82, 2.24) is 4.98 Å². The van der Waals surface area contributed by atoms with Gasteiger partial charge in [-0.3, -0.25) is 0 Å². The van der Waals surface area contributed by atoms with Crippen molar-refractivity contribution in [2.75, 3.05) is 5.73 Å². The van der Waals surface area contributed by atoms with E-state index in [1.165, 1.54) is 17.8 Å². The Morgan fingerprint density at radius 3 is 2.73 bits per heavy atom. The first-order chi connectivity index (χ1) is 7.25. The zero-order chi connectivity index (χ0) is 10.7. The summed E-state index contributed by atoms with van der Waals surface area (Å²) < 4.78 is 13.3. The Morgan fingerprint density at radius 2 is 2.00 bits per heavy atom. The quantitative estimate of drug-likeness (QED) is 0.845. The Kier molecular flexibility index (Phi) is 2.87. The monoisotopic (exact) mass is 220 g/mol. The summed E-state index contributed by atoms with van der Waals surface area (Å²) in [5.41, 5.74) is 6.23. The lowest BCUT2D eigenvalue weighted by molar-refractivity contribution is 0.602. The third-order valence-corrected chi connectivity index (χ3v) is 2.79. The van der Waals surface area contributed by atoms with Gasteiger partial charge in [0, 0.05) is 16.8 Å². The third kappa shape index (κ3) is 2.47. The Morgan fingerprint density at radius 1 is 1.20 bits per heavy atom. The molecule has 1 heterocycles. The van der Waals surface area contributed by atoms with E-state index in [0.29, 0.717) is 15.6 Å². The Labute approximate surface area is 91.3 Å². The van der Waals surface area contributed by atoms with Crippen LogP contribution in [0.15, 0.2) is 52.5 Å². The van der Waals surface area contributed by atoms with Gasteiger partial charge < -0.3 is 5.73 Å². The lowest BCUT2D eigenvalue weighted by Gasteiger charge is -2.02. The highest BCUT2D eigenvalue weighted by molar-refractivity contribution is 7.99. The van der Waals surface area contributed by atoms with Crippen LogP contribution in [0.2, 0.25) is 0 Å². The Balaban J connectivity index is 2.26. The first-order valence-electron chi connectivity index (χ1n) is 4.39. The van der Waals surface area contributed by atoms with Gasteiger partial charge in [-0.05, 0) is 24.3 Å². The minimum Gasteiger partial charge on any atom is -0.399 e.